The number of likely N-dealkylation sites (tertiary alicyclic amines) is 1. The van der Waals surface area contributed by atoms with E-state index >= 15 is 0 Å². The van der Waals surface area contributed by atoms with E-state index < -0.39 is 0 Å². The van der Waals surface area contributed by atoms with Crippen LogP contribution in [0.15, 0.2) is 0 Å². The van der Waals surface area contributed by atoms with Gasteiger partial charge >= 0.3 is 0 Å². The van der Waals surface area contributed by atoms with Gasteiger partial charge in [0.05, 0.1) is 6.04 Å². The van der Waals surface area contributed by atoms with Crippen LogP contribution in [0.1, 0.15) is 32.1 Å². The third-order valence-corrected chi connectivity index (χ3v) is 3.47. The second-order valence-electron chi connectivity index (χ2n) is 4.59. The van der Waals surface area contributed by atoms with Crippen LogP contribution in [0.2, 0.25) is 0 Å². The van der Waals surface area contributed by atoms with Gasteiger partial charge in [0, 0.05) is 6.54 Å². The van der Waals surface area contributed by atoms with Gasteiger partial charge < -0.3 is 16.0 Å². The number of nitrogens with two attached hydrogens (primary N) is 1. The molecule has 5 heteroatoms. The molecule has 0 spiro atoms. The Morgan fingerprint density at radius 3 is 2.62 bits per heavy atom. The van der Waals surface area contributed by atoms with E-state index in [4.69, 9.17) is 5.73 Å². The fraction of sp³-hybridized carbons (Fsp3) is 0.818. The molecule has 2 fully saturated rings. The van der Waals surface area contributed by atoms with Gasteiger partial charge in [0.2, 0.25) is 11.8 Å². The van der Waals surface area contributed by atoms with E-state index in [0.717, 1.165) is 32.2 Å². The van der Waals surface area contributed by atoms with E-state index in [0.29, 0.717) is 13.0 Å². The van der Waals surface area contributed by atoms with E-state index in [-0.39, 0.29) is 23.9 Å². The van der Waals surface area contributed by atoms with Crippen LogP contribution in [0.3, 0.4) is 0 Å². The molecule has 0 bridgehead atoms. The zero-order chi connectivity index (χ0) is 11.5. The third kappa shape index (κ3) is 2.19. The molecule has 2 atom stereocenters. The van der Waals surface area contributed by atoms with Crippen molar-refractivity contribution in [2.45, 2.75) is 44.2 Å². The average molecular weight is 225 g/mol. The highest BCUT2D eigenvalue weighted by atomic mass is 16.2. The first-order valence-corrected chi connectivity index (χ1v) is 6.03. The summed E-state index contributed by atoms with van der Waals surface area (Å²) < 4.78 is 0. The lowest BCUT2D eigenvalue weighted by Crippen LogP contribution is -2.54. The van der Waals surface area contributed by atoms with Crippen LogP contribution >= 0.6 is 0 Å². The lowest BCUT2D eigenvalue weighted by Gasteiger charge is -2.35. The predicted molar refractivity (Wildman–Crippen MR) is 59.6 cm³/mol. The molecule has 2 amide bonds. The molecule has 2 saturated heterocycles. The largest absolute Gasteiger partial charge is 0.368 e. The maximum atomic E-state index is 12.2. The summed E-state index contributed by atoms with van der Waals surface area (Å²) in [6.07, 6.45) is 4.58. The Kier molecular flexibility index (Phi) is 3.43. The molecule has 90 valence electrons. The molecule has 3 N–H and O–H groups in total. The maximum absolute atomic E-state index is 12.2. The van der Waals surface area contributed by atoms with Gasteiger partial charge in [-0.2, -0.15) is 0 Å². The first-order valence-electron chi connectivity index (χ1n) is 6.03. The Bertz CT molecular complexity index is 287. The Hall–Kier alpha value is -1.10. The van der Waals surface area contributed by atoms with E-state index in [1.165, 1.54) is 0 Å². The minimum atomic E-state index is -0.386. The monoisotopic (exact) mass is 225 g/mol. The van der Waals surface area contributed by atoms with Crippen molar-refractivity contribution in [3.63, 3.8) is 0 Å². The molecule has 2 aliphatic heterocycles. The molecular weight excluding hydrogens is 206 g/mol. The van der Waals surface area contributed by atoms with Gasteiger partial charge in [-0.25, -0.2) is 0 Å². The van der Waals surface area contributed by atoms with Crippen LogP contribution in [0.4, 0.5) is 0 Å². The standard InChI is InChI=1S/C11H19N3O2/c12-10(15)9-5-1-2-7-14(9)11(16)8-4-3-6-13-8/h8-9,13H,1-7H2,(H2,12,15)/t8-,9?/m0/s1. The Morgan fingerprint density at radius 2 is 2.00 bits per heavy atom. The van der Waals surface area contributed by atoms with Gasteiger partial charge in [0.1, 0.15) is 6.04 Å². The highest BCUT2D eigenvalue weighted by Gasteiger charge is 2.35. The topological polar surface area (TPSA) is 75.4 Å². The summed E-state index contributed by atoms with van der Waals surface area (Å²) in [5, 5.41) is 3.17. The van der Waals surface area contributed by atoms with Crippen molar-refractivity contribution in [3.05, 3.63) is 0 Å². The molecule has 16 heavy (non-hydrogen) atoms. The molecule has 0 aromatic heterocycles. The number of nitrogens with zero attached hydrogens (tertiary/aromatic N) is 1. The predicted octanol–water partition coefficient (Wildman–Crippen LogP) is -0.395. The number of hydrogen-bond donors (Lipinski definition) is 2. The van der Waals surface area contributed by atoms with Crippen molar-refractivity contribution in [2.24, 2.45) is 5.73 Å². The normalized spacial score (nSPS) is 30.4. The van der Waals surface area contributed by atoms with Gasteiger partial charge in [-0.1, -0.05) is 0 Å². The third-order valence-electron chi connectivity index (χ3n) is 3.47. The molecule has 2 aliphatic rings. The second-order valence-corrected chi connectivity index (χ2v) is 4.59. The first kappa shape index (κ1) is 11.4. The van der Waals surface area contributed by atoms with Crippen LogP contribution in [0.5, 0.6) is 0 Å². The highest BCUT2D eigenvalue weighted by molar-refractivity contribution is 5.89. The molecule has 2 heterocycles. The van der Waals surface area contributed by atoms with E-state index in [9.17, 15) is 9.59 Å². The summed E-state index contributed by atoms with van der Waals surface area (Å²) >= 11 is 0. The number of nitrogens with one attached hydrogen (secondary N) is 1. The molecule has 5 nitrogen and oxygen atoms in total. The van der Waals surface area contributed by atoms with Crippen molar-refractivity contribution >= 4 is 11.8 Å². The number of rotatable bonds is 2. The van der Waals surface area contributed by atoms with E-state index in [1.54, 1.807) is 4.90 Å². The number of piperidine rings is 1. The second kappa shape index (κ2) is 4.82. The molecular formula is C11H19N3O2. The molecule has 0 radical (unpaired) electrons. The van der Waals surface area contributed by atoms with Gasteiger partial charge in [0.25, 0.3) is 0 Å². The fourth-order valence-electron chi connectivity index (χ4n) is 2.59. The first-order chi connectivity index (χ1) is 7.70. The smallest absolute Gasteiger partial charge is 0.240 e. The summed E-state index contributed by atoms with van der Waals surface area (Å²) in [5.41, 5.74) is 5.34. The molecule has 0 saturated carbocycles. The van der Waals surface area contributed by atoms with Crippen LogP contribution in [0.25, 0.3) is 0 Å². The van der Waals surface area contributed by atoms with Crippen molar-refractivity contribution in [1.29, 1.82) is 0 Å². The zero-order valence-corrected chi connectivity index (χ0v) is 9.45. The van der Waals surface area contributed by atoms with E-state index in [2.05, 4.69) is 5.32 Å². The Labute approximate surface area is 95.3 Å². The lowest BCUT2D eigenvalue weighted by atomic mass is 10.00. The summed E-state index contributed by atoms with van der Waals surface area (Å²) in [7, 11) is 0. The van der Waals surface area contributed by atoms with Crippen LogP contribution < -0.4 is 11.1 Å². The van der Waals surface area contributed by atoms with Crippen LogP contribution in [0, 0.1) is 0 Å². The summed E-state index contributed by atoms with van der Waals surface area (Å²) in [6, 6.07) is -0.483. The van der Waals surface area contributed by atoms with Crippen molar-refractivity contribution in [2.75, 3.05) is 13.1 Å². The number of primary amides is 1. The quantitative estimate of drug-likeness (QED) is 0.671. The van der Waals surface area contributed by atoms with Gasteiger partial charge in [0.15, 0.2) is 0 Å². The number of carbonyl (C=O) groups excluding carboxylic acids is 2. The van der Waals surface area contributed by atoms with Gasteiger partial charge in [-0.05, 0) is 38.6 Å². The van der Waals surface area contributed by atoms with Crippen molar-refractivity contribution < 1.29 is 9.59 Å². The Morgan fingerprint density at radius 1 is 1.19 bits per heavy atom. The molecule has 0 aliphatic carbocycles. The highest BCUT2D eigenvalue weighted by Crippen LogP contribution is 2.19. The van der Waals surface area contributed by atoms with Gasteiger partial charge in [-0.15, -0.1) is 0 Å². The number of hydrogen-bond acceptors (Lipinski definition) is 3. The lowest BCUT2D eigenvalue weighted by molar-refractivity contribution is -0.142. The molecule has 0 aromatic carbocycles. The molecule has 1 unspecified atom stereocenters. The maximum Gasteiger partial charge on any atom is 0.240 e. The van der Waals surface area contributed by atoms with Crippen molar-refractivity contribution in [3.8, 4) is 0 Å². The van der Waals surface area contributed by atoms with Gasteiger partial charge in [-0.3, -0.25) is 9.59 Å². The minimum Gasteiger partial charge on any atom is -0.368 e. The number of carbonyl (C=O) groups is 2. The summed E-state index contributed by atoms with van der Waals surface area (Å²) in [4.78, 5) is 25.1. The van der Waals surface area contributed by atoms with Crippen LogP contribution in [-0.2, 0) is 9.59 Å². The molecule has 2 rings (SSSR count). The number of amides is 2. The zero-order valence-electron chi connectivity index (χ0n) is 9.45. The van der Waals surface area contributed by atoms with Crippen molar-refractivity contribution in [1.82, 2.24) is 10.2 Å². The Balaban J connectivity index is 2.04. The minimum absolute atomic E-state index is 0.0565. The SMILES string of the molecule is NC(=O)C1CCCCN1C(=O)[C@@H]1CCCN1. The fourth-order valence-corrected chi connectivity index (χ4v) is 2.59. The van der Waals surface area contributed by atoms with E-state index in [1.807, 2.05) is 0 Å². The summed E-state index contributed by atoms with van der Waals surface area (Å²) in [5.74, 6) is -0.313. The average Bonchev–Trinajstić information content (AvgIpc) is 2.81. The van der Waals surface area contributed by atoms with Crippen LogP contribution in [-0.4, -0.2) is 41.9 Å². The summed E-state index contributed by atoms with van der Waals surface area (Å²) in [6.45, 7) is 1.57. The molecule has 0 aromatic rings.